The molecule has 0 fully saturated rings. The zero-order valence-corrected chi connectivity index (χ0v) is 8.64. The molecule has 1 heteroatoms. The van der Waals surface area contributed by atoms with Crippen LogP contribution in [0, 0.1) is 12.0 Å². The van der Waals surface area contributed by atoms with E-state index in [0.29, 0.717) is 5.92 Å². The second-order valence-electron chi connectivity index (χ2n) is 2.80. The van der Waals surface area contributed by atoms with Crippen molar-refractivity contribution in [3.05, 3.63) is 22.8 Å². The summed E-state index contributed by atoms with van der Waals surface area (Å²) in [4.78, 5) is 0. The molecule has 1 aliphatic rings. The first-order valence-corrected chi connectivity index (χ1v) is 3.40. The molecule has 0 aromatic heterocycles. The molecule has 0 radical (unpaired) electrons. The Balaban J connectivity index is 0.000000810. The van der Waals surface area contributed by atoms with Crippen LogP contribution >= 0.6 is 0 Å². The second kappa shape index (κ2) is 3.55. The maximum atomic E-state index is 3.36. The van der Waals surface area contributed by atoms with Crippen molar-refractivity contribution in [2.75, 3.05) is 0 Å². The van der Waals surface area contributed by atoms with Crippen LogP contribution in [0.3, 0.4) is 0 Å². The van der Waals surface area contributed by atoms with E-state index in [4.69, 9.17) is 0 Å². The van der Waals surface area contributed by atoms with E-state index in [9.17, 15) is 0 Å². The van der Waals surface area contributed by atoms with Gasteiger partial charge in [0.05, 0.1) is 0 Å². The fourth-order valence-corrected chi connectivity index (χ4v) is 1.16. The summed E-state index contributed by atoms with van der Waals surface area (Å²) >= 11 is 0. The van der Waals surface area contributed by atoms with Gasteiger partial charge in [0, 0.05) is 0 Å². The van der Waals surface area contributed by atoms with Crippen molar-refractivity contribution in [1.82, 2.24) is 0 Å². The third kappa shape index (κ3) is 1.62. The quantitative estimate of drug-likeness (QED) is 0.386. The van der Waals surface area contributed by atoms with Crippen molar-refractivity contribution >= 4 is 0 Å². The minimum atomic E-state index is 0. The third-order valence-corrected chi connectivity index (χ3v) is 2.24. The topological polar surface area (TPSA) is 0 Å². The number of rotatable bonds is 0. The van der Waals surface area contributed by atoms with E-state index in [1.807, 2.05) is 0 Å². The number of allylic oxidation sites excluding steroid dienone is 4. The molecule has 52 valence electrons. The maximum absolute atomic E-state index is 3.36. The molecule has 0 N–H and O–H groups in total. The molecule has 0 amide bonds. The van der Waals surface area contributed by atoms with E-state index < -0.39 is 0 Å². The summed E-state index contributed by atoms with van der Waals surface area (Å²) in [6.07, 6.45) is 3.36. The molecule has 1 atom stereocenters. The molecule has 0 aromatic carbocycles. The first-order valence-electron chi connectivity index (χ1n) is 3.40. The Morgan fingerprint density at radius 1 is 1.20 bits per heavy atom. The minimum absolute atomic E-state index is 0. The van der Waals surface area contributed by atoms with Crippen LogP contribution in [0.4, 0.5) is 0 Å². The Kier molecular flexibility index (Phi) is 3.62. The molecule has 0 heterocycles. The maximum Gasteiger partial charge on any atom is 2.00 e. The first kappa shape index (κ1) is 10.2. The average molecular weight is 169 g/mol. The van der Waals surface area contributed by atoms with Gasteiger partial charge in [0.25, 0.3) is 0 Å². The molecule has 0 aromatic rings. The molecule has 1 aliphatic carbocycles. The zero-order chi connectivity index (χ0) is 7.02. The van der Waals surface area contributed by atoms with Crippen LogP contribution in [0.25, 0.3) is 0 Å². The van der Waals surface area contributed by atoms with Gasteiger partial charge in [-0.15, -0.1) is 6.92 Å². The summed E-state index contributed by atoms with van der Waals surface area (Å²) in [5.74, 6) is 0.560. The fraction of sp³-hybridized carbons (Fsp3) is 0.556. The van der Waals surface area contributed by atoms with Gasteiger partial charge in [0.2, 0.25) is 0 Å². The van der Waals surface area contributed by atoms with Crippen LogP contribution in [0.15, 0.2) is 16.7 Å². The smallest absolute Gasteiger partial charge is 0.266 e. The molecule has 10 heavy (non-hydrogen) atoms. The van der Waals surface area contributed by atoms with Gasteiger partial charge in [-0.3, -0.25) is 6.08 Å². The standard InChI is InChI=1S/C9H13.Ti/c1-6-5-7(2)9(4)8(6)3;/h6H,1-4H3;/q-1;+2. The second-order valence-corrected chi connectivity index (χ2v) is 2.80. The monoisotopic (exact) mass is 169 g/mol. The summed E-state index contributed by atoms with van der Waals surface area (Å²) in [6.45, 7) is 8.67. The molecule has 0 spiro atoms. The first-order chi connectivity index (χ1) is 4.13. The average Bonchev–Trinajstić information content (AvgIpc) is 1.98. The van der Waals surface area contributed by atoms with E-state index >= 15 is 0 Å². The fourth-order valence-electron chi connectivity index (χ4n) is 1.16. The molecular weight excluding hydrogens is 156 g/mol. The largest absolute Gasteiger partial charge is 2.00 e. The van der Waals surface area contributed by atoms with Gasteiger partial charge in [-0.05, 0) is 0 Å². The van der Waals surface area contributed by atoms with Crippen molar-refractivity contribution < 1.29 is 21.7 Å². The van der Waals surface area contributed by atoms with Crippen molar-refractivity contribution in [3.63, 3.8) is 0 Å². The van der Waals surface area contributed by atoms with Gasteiger partial charge in [0.1, 0.15) is 0 Å². The normalized spacial score (nSPS) is 24.4. The molecule has 0 aliphatic heterocycles. The zero-order valence-electron chi connectivity index (χ0n) is 7.08. The Morgan fingerprint density at radius 2 is 1.70 bits per heavy atom. The Bertz CT molecular complexity index is 187. The molecule has 0 saturated heterocycles. The molecular formula is C9H13Ti+. The van der Waals surface area contributed by atoms with Crippen LogP contribution in [-0.4, -0.2) is 0 Å². The minimum Gasteiger partial charge on any atom is -0.266 e. The van der Waals surface area contributed by atoms with Crippen molar-refractivity contribution in [2.24, 2.45) is 5.92 Å². The van der Waals surface area contributed by atoms with Crippen LogP contribution in [0.1, 0.15) is 27.7 Å². The predicted octanol–water partition coefficient (Wildman–Crippen LogP) is 2.72. The summed E-state index contributed by atoms with van der Waals surface area (Å²) in [5.41, 5.74) is 4.25. The van der Waals surface area contributed by atoms with E-state index in [1.54, 1.807) is 0 Å². The third-order valence-electron chi connectivity index (χ3n) is 2.24. The van der Waals surface area contributed by atoms with Gasteiger partial charge in [-0.25, -0.2) is 5.57 Å². The summed E-state index contributed by atoms with van der Waals surface area (Å²) in [5, 5.41) is 0. The SMILES string of the molecule is CC1=[C-]C(C)C(C)=C1C.[Ti+2]. The molecule has 0 nitrogen and oxygen atoms in total. The number of hydrogen-bond donors (Lipinski definition) is 0. The van der Waals surface area contributed by atoms with E-state index in [-0.39, 0.29) is 21.7 Å². The summed E-state index contributed by atoms with van der Waals surface area (Å²) in [6, 6.07) is 0. The molecule has 1 rings (SSSR count). The van der Waals surface area contributed by atoms with Crippen LogP contribution in [0.2, 0.25) is 0 Å². The van der Waals surface area contributed by atoms with Crippen LogP contribution in [-0.2, 0) is 21.7 Å². The molecule has 1 unspecified atom stereocenters. The van der Waals surface area contributed by atoms with Crippen LogP contribution < -0.4 is 0 Å². The van der Waals surface area contributed by atoms with Gasteiger partial charge < -0.3 is 0 Å². The summed E-state index contributed by atoms with van der Waals surface area (Å²) < 4.78 is 0. The Labute approximate surface area is 78.3 Å². The molecule has 0 bridgehead atoms. The number of hydrogen-bond acceptors (Lipinski definition) is 0. The van der Waals surface area contributed by atoms with Gasteiger partial charge in [0.15, 0.2) is 0 Å². The summed E-state index contributed by atoms with van der Waals surface area (Å²) in [7, 11) is 0. The van der Waals surface area contributed by atoms with Crippen molar-refractivity contribution in [3.8, 4) is 0 Å². The van der Waals surface area contributed by atoms with Crippen LogP contribution in [0.5, 0.6) is 0 Å². The van der Waals surface area contributed by atoms with E-state index in [2.05, 4.69) is 33.8 Å². The van der Waals surface area contributed by atoms with Crippen molar-refractivity contribution in [1.29, 1.82) is 0 Å². The van der Waals surface area contributed by atoms with Gasteiger partial charge >= 0.3 is 21.7 Å². The predicted molar refractivity (Wildman–Crippen MR) is 40.0 cm³/mol. The Hall–Kier alpha value is 0.194. The van der Waals surface area contributed by atoms with Gasteiger partial charge in [-0.1, -0.05) is 26.7 Å². The molecule has 0 saturated carbocycles. The van der Waals surface area contributed by atoms with E-state index in [1.165, 1.54) is 16.7 Å². The van der Waals surface area contributed by atoms with E-state index in [0.717, 1.165) is 0 Å². The van der Waals surface area contributed by atoms with Gasteiger partial charge in [-0.2, -0.15) is 11.1 Å². The van der Waals surface area contributed by atoms with Crippen molar-refractivity contribution in [2.45, 2.75) is 27.7 Å². The Morgan fingerprint density at radius 3 is 1.80 bits per heavy atom.